The predicted octanol–water partition coefficient (Wildman–Crippen LogP) is 4.39. The molecule has 2 aromatic carbocycles. The van der Waals surface area contributed by atoms with E-state index in [9.17, 15) is 0 Å². The van der Waals surface area contributed by atoms with E-state index in [2.05, 4.69) is 69.4 Å². The van der Waals surface area contributed by atoms with E-state index in [1.807, 2.05) is 0 Å². The molecule has 0 saturated carbocycles. The van der Waals surface area contributed by atoms with Gasteiger partial charge in [-0.05, 0) is 66.8 Å². The predicted molar refractivity (Wildman–Crippen MR) is 83.5 cm³/mol. The van der Waals surface area contributed by atoms with Crippen LogP contribution in [0.2, 0.25) is 0 Å². The molecule has 1 N–H and O–H groups in total. The van der Waals surface area contributed by atoms with Crippen molar-refractivity contribution in [3.8, 4) is 11.1 Å². The molecule has 1 heteroatoms. The normalized spacial score (nSPS) is 10.7. The second-order valence-electron chi connectivity index (χ2n) is 5.18. The highest BCUT2D eigenvalue weighted by Crippen LogP contribution is 2.29. The number of benzene rings is 2. The summed E-state index contributed by atoms with van der Waals surface area (Å²) in [4.78, 5) is 0. The summed E-state index contributed by atoms with van der Waals surface area (Å²) < 4.78 is 0. The summed E-state index contributed by atoms with van der Waals surface area (Å²) in [7, 11) is 0. The van der Waals surface area contributed by atoms with Crippen LogP contribution in [0.15, 0.2) is 36.4 Å². The molecule has 0 unspecified atom stereocenters. The Morgan fingerprint density at radius 3 is 2.42 bits per heavy atom. The van der Waals surface area contributed by atoms with E-state index in [0.717, 1.165) is 13.1 Å². The van der Waals surface area contributed by atoms with Gasteiger partial charge >= 0.3 is 0 Å². The third-order valence-electron chi connectivity index (χ3n) is 3.78. The number of hydrogen-bond acceptors (Lipinski definition) is 1. The van der Waals surface area contributed by atoms with Crippen molar-refractivity contribution < 1.29 is 0 Å². The van der Waals surface area contributed by atoms with Crippen LogP contribution in [-0.2, 0) is 6.54 Å². The smallest absolute Gasteiger partial charge is 0.0205 e. The minimum absolute atomic E-state index is 0.939. The summed E-state index contributed by atoms with van der Waals surface area (Å²) in [5.74, 6) is 0. The molecule has 0 aliphatic heterocycles. The van der Waals surface area contributed by atoms with Crippen molar-refractivity contribution in [2.45, 2.75) is 34.2 Å². The topological polar surface area (TPSA) is 12.0 Å². The molecule has 0 spiro atoms. The zero-order valence-electron chi connectivity index (χ0n) is 12.4. The van der Waals surface area contributed by atoms with Gasteiger partial charge in [-0.1, -0.05) is 37.3 Å². The van der Waals surface area contributed by atoms with E-state index in [-0.39, 0.29) is 0 Å². The first-order chi connectivity index (χ1) is 9.13. The molecule has 0 bridgehead atoms. The molecular formula is C18H23N. The number of rotatable bonds is 4. The third-order valence-corrected chi connectivity index (χ3v) is 3.78. The molecule has 100 valence electrons. The second-order valence-corrected chi connectivity index (χ2v) is 5.18. The molecule has 2 rings (SSSR count). The zero-order chi connectivity index (χ0) is 13.8. The molecule has 0 aliphatic rings. The minimum Gasteiger partial charge on any atom is -0.313 e. The third kappa shape index (κ3) is 3.05. The van der Waals surface area contributed by atoms with E-state index >= 15 is 0 Å². The summed E-state index contributed by atoms with van der Waals surface area (Å²) in [6, 6.07) is 13.3. The van der Waals surface area contributed by atoms with Gasteiger partial charge < -0.3 is 5.32 Å². The molecule has 0 fully saturated rings. The van der Waals surface area contributed by atoms with Gasteiger partial charge in [0.25, 0.3) is 0 Å². The van der Waals surface area contributed by atoms with Crippen molar-refractivity contribution in [2.24, 2.45) is 0 Å². The van der Waals surface area contributed by atoms with Crippen LogP contribution in [0.1, 0.15) is 29.2 Å². The van der Waals surface area contributed by atoms with Gasteiger partial charge in [0.05, 0.1) is 0 Å². The lowest BCUT2D eigenvalue weighted by Crippen LogP contribution is -2.11. The van der Waals surface area contributed by atoms with E-state index in [0.29, 0.717) is 0 Å². The average molecular weight is 253 g/mol. The Morgan fingerprint density at radius 2 is 1.68 bits per heavy atom. The molecular weight excluding hydrogens is 230 g/mol. The Hall–Kier alpha value is -1.60. The summed E-state index contributed by atoms with van der Waals surface area (Å²) in [5, 5.41) is 3.39. The van der Waals surface area contributed by atoms with E-state index in [1.165, 1.54) is 33.4 Å². The summed E-state index contributed by atoms with van der Waals surface area (Å²) in [6.07, 6.45) is 0. The van der Waals surface area contributed by atoms with Crippen LogP contribution in [0.25, 0.3) is 11.1 Å². The lowest BCUT2D eigenvalue weighted by Gasteiger charge is -2.13. The first kappa shape index (κ1) is 13.8. The van der Waals surface area contributed by atoms with Gasteiger partial charge in [0.1, 0.15) is 0 Å². The van der Waals surface area contributed by atoms with Crippen molar-refractivity contribution >= 4 is 0 Å². The Balaban J connectivity index is 2.45. The van der Waals surface area contributed by atoms with E-state index < -0.39 is 0 Å². The van der Waals surface area contributed by atoms with Crippen LogP contribution in [0.4, 0.5) is 0 Å². The first-order valence-electron chi connectivity index (χ1n) is 7.00. The Bertz CT molecular complexity index is 570. The van der Waals surface area contributed by atoms with Crippen molar-refractivity contribution in [3.63, 3.8) is 0 Å². The lowest BCUT2D eigenvalue weighted by molar-refractivity contribution is 0.727. The van der Waals surface area contributed by atoms with Crippen molar-refractivity contribution in [1.82, 2.24) is 5.32 Å². The van der Waals surface area contributed by atoms with Gasteiger partial charge in [-0.2, -0.15) is 0 Å². The van der Waals surface area contributed by atoms with Gasteiger partial charge in [0.2, 0.25) is 0 Å². The largest absolute Gasteiger partial charge is 0.313 e. The first-order valence-corrected chi connectivity index (χ1v) is 7.00. The Labute approximate surface area is 116 Å². The van der Waals surface area contributed by atoms with Crippen LogP contribution in [0.5, 0.6) is 0 Å². The molecule has 1 nitrogen and oxygen atoms in total. The maximum Gasteiger partial charge on any atom is 0.0205 e. The van der Waals surface area contributed by atoms with Crippen LogP contribution in [-0.4, -0.2) is 6.54 Å². The van der Waals surface area contributed by atoms with Gasteiger partial charge in [0, 0.05) is 6.54 Å². The fraction of sp³-hybridized carbons (Fsp3) is 0.333. The van der Waals surface area contributed by atoms with Gasteiger partial charge in [-0.15, -0.1) is 0 Å². The van der Waals surface area contributed by atoms with Gasteiger partial charge in [0.15, 0.2) is 0 Å². The number of aryl methyl sites for hydroxylation is 2. The molecule has 19 heavy (non-hydrogen) atoms. The molecule has 0 heterocycles. The minimum atomic E-state index is 0.939. The molecule has 0 aliphatic carbocycles. The highest BCUT2D eigenvalue weighted by atomic mass is 14.8. The molecule has 0 amide bonds. The van der Waals surface area contributed by atoms with Crippen LogP contribution >= 0.6 is 0 Å². The molecule has 0 aromatic heterocycles. The number of hydrogen-bond donors (Lipinski definition) is 1. The van der Waals surface area contributed by atoms with E-state index in [4.69, 9.17) is 0 Å². The van der Waals surface area contributed by atoms with Crippen molar-refractivity contribution in [3.05, 3.63) is 58.7 Å². The summed E-state index contributed by atoms with van der Waals surface area (Å²) >= 11 is 0. The fourth-order valence-corrected chi connectivity index (χ4v) is 2.38. The summed E-state index contributed by atoms with van der Waals surface area (Å²) in [5.41, 5.74) is 8.14. The molecule has 0 saturated heterocycles. The zero-order valence-corrected chi connectivity index (χ0v) is 12.4. The lowest BCUT2D eigenvalue weighted by atomic mass is 9.93. The Kier molecular flexibility index (Phi) is 4.39. The van der Waals surface area contributed by atoms with Gasteiger partial charge in [-0.3, -0.25) is 0 Å². The van der Waals surface area contributed by atoms with Gasteiger partial charge in [-0.25, -0.2) is 0 Å². The Morgan fingerprint density at radius 1 is 0.895 bits per heavy atom. The SMILES string of the molecule is CCNCc1ccc(C)c(-c2cccc(C)c2C)c1. The maximum absolute atomic E-state index is 3.39. The number of nitrogens with one attached hydrogen (secondary N) is 1. The highest BCUT2D eigenvalue weighted by Gasteiger charge is 2.07. The van der Waals surface area contributed by atoms with Crippen molar-refractivity contribution in [1.29, 1.82) is 0 Å². The average Bonchev–Trinajstić information content (AvgIpc) is 2.41. The van der Waals surface area contributed by atoms with Crippen molar-refractivity contribution in [2.75, 3.05) is 6.54 Å². The molecule has 2 aromatic rings. The van der Waals surface area contributed by atoms with Crippen LogP contribution < -0.4 is 5.32 Å². The monoisotopic (exact) mass is 253 g/mol. The van der Waals surface area contributed by atoms with E-state index in [1.54, 1.807) is 0 Å². The van der Waals surface area contributed by atoms with Crippen LogP contribution in [0.3, 0.4) is 0 Å². The molecule has 0 radical (unpaired) electrons. The quantitative estimate of drug-likeness (QED) is 0.852. The highest BCUT2D eigenvalue weighted by molar-refractivity contribution is 5.72. The second kappa shape index (κ2) is 6.03. The standard InChI is InChI=1S/C18H23N/c1-5-19-12-16-10-9-14(3)18(11-16)17-8-6-7-13(2)15(17)4/h6-11,19H,5,12H2,1-4H3. The fourth-order valence-electron chi connectivity index (χ4n) is 2.38. The molecule has 0 atom stereocenters. The summed E-state index contributed by atoms with van der Waals surface area (Å²) in [6.45, 7) is 10.7. The maximum atomic E-state index is 3.39. The van der Waals surface area contributed by atoms with Crippen LogP contribution in [0, 0.1) is 20.8 Å².